The minimum Gasteiger partial charge on any atom is -0.497 e. The quantitative estimate of drug-likeness (QED) is 0.357. The van der Waals surface area contributed by atoms with E-state index in [1.54, 1.807) is 25.3 Å². The molecule has 0 radical (unpaired) electrons. The van der Waals surface area contributed by atoms with Crippen LogP contribution in [0.5, 0.6) is 5.75 Å². The van der Waals surface area contributed by atoms with E-state index in [1.165, 1.54) is 6.07 Å². The number of anilines is 1. The van der Waals surface area contributed by atoms with Crippen LogP contribution in [0.25, 0.3) is 22.3 Å². The summed E-state index contributed by atoms with van der Waals surface area (Å²) < 4.78 is 5.22. The number of pyridine rings is 1. The average Bonchev–Trinajstić information content (AvgIpc) is 2.83. The molecule has 0 unspecified atom stereocenters. The summed E-state index contributed by atoms with van der Waals surface area (Å²) in [5.41, 5.74) is 4.46. The summed E-state index contributed by atoms with van der Waals surface area (Å²) in [5, 5.41) is 22.5. The molecule has 8 nitrogen and oxygen atoms in total. The fourth-order valence-corrected chi connectivity index (χ4v) is 3.86. The second-order valence-corrected chi connectivity index (χ2v) is 8.07. The number of methoxy groups -OCH3 is 1. The molecular formula is C25H20ClN5O3. The predicted octanol–water partition coefficient (Wildman–Crippen LogP) is 5.41. The number of nitrogens with zero attached hydrogens (tertiary/aromatic N) is 4. The lowest BCUT2D eigenvalue weighted by atomic mass is 10.0. The Morgan fingerprint density at radius 3 is 2.53 bits per heavy atom. The second kappa shape index (κ2) is 9.33. The maximum Gasteiger partial charge on any atom is 0.356 e. The first kappa shape index (κ1) is 23.0. The number of aryl methyl sites for hydroxylation is 1. The van der Waals surface area contributed by atoms with E-state index in [0.717, 1.165) is 16.7 Å². The van der Waals surface area contributed by atoms with E-state index < -0.39 is 5.97 Å². The number of hydrogen-bond acceptors (Lipinski definition) is 7. The molecule has 9 heteroatoms. The smallest absolute Gasteiger partial charge is 0.356 e. The van der Waals surface area contributed by atoms with E-state index >= 15 is 0 Å². The highest BCUT2D eigenvalue weighted by Crippen LogP contribution is 2.31. The van der Waals surface area contributed by atoms with Crippen LogP contribution in [-0.2, 0) is 0 Å². The molecule has 0 bridgehead atoms. The van der Waals surface area contributed by atoms with Gasteiger partial charge in [-0.25, -0.2) is 19.7 Å². The van der Waals surface area contributed by atoms with Crippen LogP contribution in [0.15, 0.2) is 48.5 Å². The lowest BCUT2D eigenvalue weighted by Crippen LogP contribution is -2.13. The zero-order chi connectivity index (χ0) is 24.4. The summed E-state index contributed by atoms with van der Waals surface area (Å²) in [4.78, 5) is 25.0. The van der Waals surface area contributed by atoms with Crippen LogP contribution in [-0.4, -0.2) is 33.1 Å². The number of fused-ring (bicyclic) bond motifs is 1. The minimum atomic E-state index is -1.19. The van der Waals surface area contributed by atoms with Crippen LogP contribution in [0.3, 0.4) is 0 Å². The molecule has 0 fully saturated rings. The normalized spacial score (nSPS) is 11.6. The van der Waals surface area contributed by atoms with Gasteiger partial charge in [-0.1, -0.05) is 17.7 Å². The standard InChI is InChI=1S/C25H20ClN5O3/c1-13-10-17(14(2)28-18-8-9-21(26)30-24(18)25(32)33)23-19(11-13)29-20(12-27)22(31-23)15-4-6-16(34-3)7-5-15/h4-11,14,28H,1-3H3,(H,32,33)/t14-/m1/s1. The Bertz CT molecular complexity index is 1450. The second-order valence-electron chi connectivity index (χ2n) is 7.68. The maximum absolute atomic E-state index is 11.7. The van der Waals surface area contributed by atoms with Gasteiger partial charge in [0.2, 0.25) is 0 Å². The summed E-state index contributed by atoms with van der Waals surface area (Å²) >= 11 is 5.88. The van der Waals surface area contributed by atoms with E-state index in [2.05, 4.69) is 21.4 Å². The molecule has 0 aliphatic rings. The third kappa shape index (κ3) is 4.47. The number of ether oxygens (including phenoxy) is 1. The summed E-state index contributed by atoms with van der Waals surface area (Å²) in [7, 11) is 1.58. The number of hydrogen-bond donors (Lipinski definition) is 2. The van der Waals surface area contributed by atoms with Crippen molar-refractivity contribution in [3.05, 3.63) is 76.2 Å². The lowest BCUT2D eigenvalue weighted by molar-refractivity contribution is 0.0691. The summed E-state index contributed by atoms with van der Waals surface area (Å²) in [5.74, 6) is -0.498. The van der Waals surface area contributed by atoms with Crippen LogP contribution in [0, 0.1) is 18.3 Å². The van der Waals surface area contributed by atoms with Gasteiger partial charge in [0, 0.05) is 11.1 Å². The molecule has 2 N–H and O–H groups in total. The first-order valence-electron chi connectivity index (χ1n) is 10.3. The first-order valence-corrected chi connectivity index (χ1v) is 10.7. The molecule has 2 heterocycles. The minimum absolute atomic E-state index is 0.0932. The molecule has 0 saturated carbocycles. The van der Waals surface area contributed by atoms with Crippen molar-refractivity contribution < 1.29 is 14.6 Å². The highest BCUT2D eigenvalue weighted by atomic mass is 35.5. The third-order valence-electron chi connectivity index (χ3n) is 5.32. The van der Waals surface area contributed by atoms with Crippen LogP contribution in [0.2, 0.25) is 5.15 Å². The van der Waals surface area contributed by atoms with Crippen molar-refractivity contribution in [2.45, 2.75) is 19.9 Å². The fraction of sp³-hybridized carbons (Fsp3) is 0.160. The van der Waals surface area contributed by atoms with Gasteiger partial charge in [0.1, 0.15) is 22.7 Å². The molecule has 2 aromatic heterocycles. The van der Waals surface area contributed by atoms with Crippen molar-refractivity contribution in [1.82, 2.24) is 15.0 Å². The highest BCUT2D eigenvalue weighted by molar-refractivity contribution is 6.29. The van der Waals surface area contributed by atoms with Crippen molar-refractivity contribution in [2.75, 3.05) is 12.4 Å². The molecule has 170 valence electrons. The van der Waals surface area contributed by atoms with Crippen LogP contribution >= 0.6 is 11.6 Å². The van der Waals surface area contributed by atoms with Gasteiger partial charge in [-0.3, -0.25) is 0 Å². The number of rotatable bonds is 6. The number of benzene rings is 2. The third-order valence-corrected chi connectivity index (χ3v) is 5.53. The maximum atomic E-state index is 11.7. The molecule has 0 spiro atoms. The largest absolute Gasteiger partial charge is 0.497 e. The predicted molar refractivity (Wildman–Crippen MR) is 129 cm³/mol. The molecule has 0 saturated heterocycles. The Balaban J connectivity index is 1.84. The van der Waals surface area contributed by atoms with Gasteiger partial charge in [-0.2, -0.15) is 5.26 Å². The van der Waals surface area contributed by atoms with E-state index in [-0.39, 0.29) is 22.6 Å². The molecule has 0 aliphatic heterocycles. The highest BCUT2D eigenvalue weighted by Gasteiger charge is 2.20. The van der Waals surface area contributed by atoms with Crippen molar-refractivity contribution in [3.8, 4) is 23.1 Å². The van der Waals surface area contributed by atoms with Gasteiger partial charge in [0.05, 0.1) is 29.9 Å². The Morgan fingerprint density at radius 1 is 1.15 bits per heavy atom. The van der Waals surface area contributed by atoms with Gasteiger partial charge in [-0.05, 0) is 61.9 Å². The lowest BCUT2D eigenvalue weighted by Gasteiger charge is -2.19. The molecule has 4 rings (SSSR count). The summed E-state index contributed by atoms with van der Waals surface area (Å²) in [6.45, 7) is 3.81. The van der Waals surface area contributed by atoms with Gasteiger partial charge in [0.15, 0.2) is 11.4 Å². The van der Waals surface area contributed by atoms with Crippen LogP contribution in [0.4, 0.5) is 5.69 Å². The Kier molecular flexibility index (Phi) is 6.30. The van der Waals surface area contributed by atoms with Crippen LogP contribution < -0.4 is 10.1 Å². The molecule has 34 heavy (non-hydrogen) atoms. The number of nitrogens with one attached hydrogen (secondary N) is 1. The van der Waals surface area contributed by atoms with E-state index in [9.17, 15) is 15.2 Å². The van der Waals surface area contributed by atoms with E-state index in [4.69, 9.17) is 21.3 Å². The van der Waals surface area contributed by atoms with Crippen molar-refractivity contribution in [2.24, 2.45) is 0 Å². The molecule has 1 atom stereocenters. The average molecular weight is 474 g/mol. The molecule has 0 amide bonds. The SMILES string of the molecule is COc1ccc(-c2nc3c([C@@H](C)Nc4ccc(Cl)nc4C(=O)O)cc(C)cc3nc2C#N)cc1. The van der Waals surface area contributed by atoms with Gasteiger partial charge < -0.3 is 15.2 Å². The number of carboxylic acids is 1. The van der Waals surface area contributed by atoms with Gasteiger partial charge in [-0.15, -0.1) is 0 Å². The fourth-order valence-electron chi connectivity index (χ4n) is 3.72. The van der Waals surface area contributed by atoms with Crippen molar-refractivity contribution in [1.29, 1.82) is 5.26 Å². The van der Waals surface area contributed by atoms with E-state index in [0.29, 0.717) is 28.2 Å². The number of nitriles is 1. The van der Waals surface area contributed by atoms with Gasteiger partial charge in [0.25, 0.3) is 0 Å². The topological polar surface area (TPSA) is 121 Å². The monoisotopic (exact) mass is 473 g/mol. The number of carbonyl (C=O) groups is 1. The number of halogens is 1. The Hall–Kier alpha value is -4.22. The van der Waals surface area contributed by atoms with Crippen molar-refractivity contribution >= 4 is 34.3 Å². The number of carboxylic acid groups (broad SMARTS) is 1. The summed E-state index contributed by atoms with van der Waals surface area (Å²) in [6, 6.07) is 16.0. The Morgan fingerprint density at radius 2 is 1.88 bits per heavy atom. The molecule has 4 aromatic rings. The zero-order valence-corrected chi connectivity index (χ0v) is 19.4. The van der Waals surface area contributed by atoms with Crippen LogP contribution in [0.1, 0.15) is 40.3 Å². The first-order chi connectivity index (χ1) is 16.3. The van der Waals surface area contributed by atoms with Crippen molar-refractivity contribution in [3.63, 3.8) is 0 Å². The molecule has 0 aliphatic carbocycles. The number of aromatic carboxylic acids is 1. The number of aromatic nitrogens is 3. The van der Waals surface area contributed by atoms with E-state index in [1.807, 2.05) is 38.1 Å². The molecular weight excluding hydrogens is 454 g/mol. The zero-order valence-electron chi connectivity index (χ0n) is 18.6. The van der Waals surface area contributed by atoms with Gasteiger partial charge >= 0.3 is 5.97 Å². The summed E-state index contributed by atoms with van der Waals surface area (Å²) in [6.07, 6.45) is 0. The Labute approximate surface area is 200 Å². The molecule has 2 aromatic carbocycles.